The van der Waals surface area contributed by atoms with Gasteiger partial charge >= 0.3 is 5.97 Å². The van der Waals surface area contributed by atoms with Crippen LogP contribution in [0.3, 0.4) is 0 Å². The predicted octanol–water partition coefficient (Wildman–Crippen LogP) is 1.61. The molecule has 1 aromatic rings. The molecule has 0 saturated heterocycles. The number of amides is 1. The highest BCUT2D eigenvalue weighted by Gasteiger charge is 2.25. The van der Waals surface area contributed by atoms with Crippen molar-refractivity contribution in [2.24, 2.45) is 5.92 Å². The Bertz CT molecular complexity index is 431. The summed E-state index contributed by atoms with van der Waals surface area (Å²) in [5.74, 6) is -1.39. The highest BCUT2D eigenvalue weighted by molar-refractivity contribution is 7.09. The number of aromatic nitrogens is 1. The van der Waals surface area contributed by atoms with E-state index in [1.54, 1.807) is 0 Å². The third-order valence-corrected chi connectivity index (χ3v) is 3.63. The van der Waals surface area contributed by atoms with E-state index in [0.717, 1.165) is 5.01 Å². The zero-order chi connectivity index (χ0) is 13.7. The topological polar surface area (TPSA) is 79.3 Å². The average Bonchev–Trinajstić information content (AvgIpc) is 2.70. The molecule has 1 heterocycles. The van der Waals surface area contributed by atoms with E-state index in [2.05, 4.69) is 10.3 Å². The first-order valence-electron chi connectivity index (χ1n) is 5.87. The van der Waals surface area contributed by atoms with Crippen LogP contribution < -0.4 is 5.32 Å². The normalized spacial score (nSPS) is 13.9. The number of hydrogen-bond acceptors (Lipinski definition) is 4. The molecule has 0 aliphatic carbocycles. The van der Waals surface area contributed by atoms with E-state index >= 15 is 0 Å². The molecule has 1 aromatic heterocycles. The third-order valence-electron chi connectivity index (χ3n) is 2.80. The lowest BCUT2D eigenvalue weighted by molar-refractivity contribution is -0.143. The number of nitrogens with zero attached hydrogens (tertiary/aromatic N) is 1. The van der Waals surface area contributed by atoms with E-state index in [1.807, 2.05) is 26.2 Å². The molecule has 0 saturated carbocycles. The van der Waals surface area contributed by atoms with Crippen LogP contribution in [-0.4, -0.2) is 28.0 Å². The maximum atomic E-state index is 11.7. The minimum absolute atomic E-state index is 0.0939. The van der Waals surface area contributed by atoms with Crippen LogP contribution in [-0.2, 0) is 16.0 Å². The fourth-order valence-corrected chi connectivity index (χ4v) is 2.17. The molecule has 2 unspecified atom stereocenters. The summed E-state index contributed by atoms with van der Waals surface area (Å²) in [5, 5.41) is 14.3. The van der Waals surface area contributed by atoms with Gasteiger partial charge in [0.15, 0.2) is 0 Å². The fourth-order valence-electron chi connectivity index (χ4n) is 1.56. The Hall–Kier alpha value is -1.43. The number of nitrogens with one attached hydrogen (secondary N) is 1. The summed E-state index contributed by atoms with van der Waals surface area (Å²) in [6.07, 6.45) is 0.831. The maximum Gasteiger partial charge on any atom is 0.326 e. The van der Waals surface area contributed by atoms with Crippen molar-refractivity contribution in [1.82, 2.24) is 10.3 Å². The van der Waals surface area contributed by atoms with Gasteiger partial charge in [-0.2, -0.15) is 0 Å². The molecule has 1 amide bonds. The van der Waals surface area contributed by atoms with Crippen molar-refractivity contribution in [1.29, 1.82) is 0 Å². The van der Waals surface area contributed by atoms with Crippen molar-refractivity contribution < 1.29 is 14.7 Å². The van der Waals surface area contributed by atoms with Crippen LogP contribution in [0.2, 0.25) is 0 Å². The lowest BCUT2D eigenvalue weighted by Crippen LogP contribution is -2.45. The first-order valence-corrected chi connectivity index (χ1v) is 6.75. The van der Waals surface area contributed by atoms with E-state index < -0.39 is 12.0 Å². The molecule has 5 nitrogen and oxygen atoms in total. The quantitative estimate of drug-likeness (QED) is 0.823. The number of aliphatic carboxylic acids is 1. The van der Waals surface area contributed by atoms with Crippen LogP contribution in [0.25, 0.3) is 0 Å². The Kier molecular flexibility index (Phi) is 5.27. The first kappa shape index (κ1) is 14.6. The largest absolute Gasteiger partial charge is 0.480 e. The highest BCUT2D eigenvalue weighted by Crippen LogP contribution is 2.10. The van der Waals surface area contributed by atoms with Gasteiger partial charge in [0.05, 0.1) is 17.1 Å². The molecule has 0 aliphatic heterocycles. The zero-order valence-electron chi connectivity index (χ0n) is 10.8. The van der Waals surface area contributed by atoms with E-state index in [0.29, 0.717) is 12.1 Å². The van der Waals surface area contributed by atoms with Crippen LogP contribution in [0.1, 0.15) is 31.0 Å². The van der Waals surface area contributed by atoms with Crippen LogP contribution in [0, 0.1) is 12.8 Å². The lowest BCUT2D eigenvalue weighted by atomic mass is 9.99. The summed E-state index contributed by atoms with van der Waals surface area (Å²) in [7, 11) is 0. The summed E-state index contributed by atoms with van der Waals surface area (Å²) in [6.45, 7) is 5.58. The van der Waals surface area contributed by atoms with Crippen LogP contribution in [0.4, 0.5) is 0 Å². The molecule has 0 aliphatic rings. The minimum Gasteiger partial charge on any atom is -0.480 e. The number of carboxylic acids is 1. The second-order valence-electron chi connectivity index (χ2n) is 4.30. The average molecular weight is 270 g/mol. The second-order valence-corrected chi connectivity index (χ2v) is 5.37. The summed E-state index contributed by atoms with van der Waals surface area (Å²) in [4.78, 5) is 27.0. The Morgan fingerprint density at radius 3 is 2.67 bits per heavy atom. The van der Waals surface area contributed by atoms with Gasteiger partial charge in [0.25, 0.3) is 0 Å². The van der Waals surface area contributed by atoms with E-state index in [-0.39, 0.29) is 18.2 Å². The summed E-state index contributed by atoms with van der Waals surface area (Å²) in [5.41, 5.74) is 0.684. The molecule has 0 aromatic carbocycles. The van der Waals surface area contributed by atoms with Gasteiger partial charge in [0, 0.05) is 5.38 Å². The molecule has 2 N–H and O–H groups in total. The van der Waals surface area contributed by atoms with Gasteiger partial charge in [-0.15, -0.1) is 11.3 Å². The van der Waals surface area contributed by atoms with E-state index in [4.69, 9.17) is 5.11 Å². The van der Waals surface area contributed by atoms with E-state index in [1.165, 1.54) is 11.3 Å². The van der Waals surface area contributed by atoms with Gasteiger partial charge in [0.2, 0.25) is 5.91 Å². The molecule has 0 fully saturated rings. The van der Waals surface area contributed by atoms with Gasteiger partial charge in [0.1, 0.15) is 6.04 Å². The first-order chi connectivity index (χ1) is 8.43. The number of thiazole rings is 1. The van der Waals surface area contributed by atoms with Crippen LogP contribution >= 0.6 is 11.3 Å². The zero-order valence-corrected chi connectivity index (χ0v) is 11.6. The van der Waals surface area contributed by atoms with Crippen molar-refractivity contribution in [2.75, 3.05) is 0 Å². The molecular formula is C12H18N2O3S. The van der Waals surface area contributed by atoms with Crippen molar-refractivity contribution in [3.8, 4) is 0 Å². The number of carbonyl (C=O) groups is 2. The molecule has 0 radical (unpaired) electrons. The number of carbonyl (C=O) groups excluding carboxylic acids is 1. The number of hydrogen-bond donors (Lipinski definition) is 2. The summed E-state index contributed by atoms with van der Waals surface area (Å²) < 4.78 is 0. The Morgan fingerprint density at radius 2 is 2.22 bits per heavy atom. The Labute approximate surface area is 110 Å². The predicted molar refractivity (Wildman–Crippen MR) is 69.6 cm³/mol. The van der Waals surface area contributed by atoms with Gasteiger partial charge in [-0.1, -0.05) is 20.3 Å². The molecule has 1 rings (SSSR count). The van der Waals surface area contributed by atoms with Crippen molar-refractivity contribution in [3.05, 3.63) is 16.1 Å². The third kappa shape index (κ3) is 4.10. The number of carboxylic acid groups (broad SMARTS) is 1. The van der Waals surface area contributed by atoms with Crippen molar-refractivity contribution in [3.63, 3.8) is 0 Å². The molecule has 0 spiro atoms. The molecular weight excluding hydrogens is 252 g/mol. The highest BCUT2D eigenvalue weighted by atomic mass is 32.1. The SMILES string of the molecule is CCC(C)C(NC(=O)Cc1csc(C)n1)C(=O)O. The van der Waals surface area contributed by atoms with Gasteiger partial charge in [-0.25, -0.2) is 9.78 Å². The summed E-state index contributed by atoms with van der Waals surface area (Å²) >= 11 is 1.47. The molecule has 100 valence electrons. The van der Waals surface area contributed by atoms with Crippen LogP contribution in [0.5, 0.6) is 0 Å². The number of aryl methyl sites for hydroxylation is 1. The van der Waals surface area contributed by atoms with Gasteiger partial charge < -0.3 is 10.4 Å². The Balaban J connectivity index is 2.59. The Morgan fingerprint density at radius 1 is 1.56 bits per heavy atom. The number of rotatable bonds is 6. The molecule has 18 heavy (non-hydrogen) atoms. The monoisotopic (exact) mass is 270 g/mol. The van der Waals surface area contributed by atoms with E-state index in [9.17, 15) is 9.59 Å². The molecule has 6 heteroatoms. The molecule has 0 bridgehead atoms. The minimum atomic E-state index is -0.993. The smallest absolute Gasteiger partial charge is 0.326 e. The van der Waals surface area contributed by atoms with Crippen LogP contribution in [0.15, 0.2) is 5.38 Å². The fraction of sp³-hybridized carbons (Fsp3) is 0.583. The van der Waals surface area contributed by atoms with Gasteiger partial charge in [-0.3, -0.25) is 4.79 Å². The maximum absolute atomic E-state index is 11.7. The molecule has 2 atom stereocenters. The second kappa shape index (κ2) is 6.49. The summed E-state index contributed by atoms with van der Waals surface area (Å²) in [6, 6.07) is -0.831. The standard InChI is InChI=1S/C12H18N2O3S/c1-4-7(2)11(12(16)17)14-10(15)5-9-6-18-8(3)13-9/h6-7,11H,4-5H2,1-3H3,(H,14,15)(H,16,17). The van der Waals surface area contributed by atoms with Crippen molar-refractivity contribution >= 4 is 23.2 Å². The lowest BCUT2D eigenvalue weighted by Gasteiger charge is -2.19. The van der Waals surface area contributed by atoms with Crippen molar-refractivity contribution in [2.45, 2.75) is 39.7 Å². The van der Waals surface area contributed by atoms with Gasteiger partial charge in [-0.05, 0) is 12.8 Å².